The molecule has 13 heavy (non-hydrogen) atoms. The van der Waals surface area contributed by atoms with Gasteiger partial charge >= 0.3 is 0 Å². The Hall–Kier alpha value is -2.36. The molecule has 1 aromatic heterocycles. The first-order chi connectivity index (χ1) is 6.06. The van der Waals surface area contributed by atoms with Gasteiger partial charge in [0.25, 0.3) is 5.82 Å². The summed E-state index contributed by atoms with van der Waals surface area (Å²) in [6, 6.07) is 5.28. The van der Waals surface area contributed by atoms with Gasteiger partial charge in [-0.15, -0.1) is 0 Å². The fraction of sp³-hybridized carbons (Fsp3) is 0. The van der Waals surface area contributed by atoms with Crippen molar-refractivity contribution < 1.29 is 10.1 Å². The predicted octanol–water partition coefficient (Wildman–Crippen LogP) is -0.285. The second kappa shape index (κ2) is 5.31. The van der Waals surface area contributed by atoms with E-state index in [1.807, 2.05) is 6.07 Å². The van der Waals surface area contributed by atoms with Crippen molar-refractivity contribution in [1.29, 1.82) is 5.26 Å². The Labute approximate surface area is 73.2 Å². The largest absolute Gasteiger partial charge is 0.356 e. The van der Waals surface area contributed by atoms with Gasteiger partial charge in [0.2, 0.25) is 0 Å². The van der Waals surface area contributed by atoms with Crippen molar-refractivity contribution in [2.24, 2.45) is 0 Å². The van der Waals surface area contributed by atoms with Crippen molar-refractivity contribution in [1.82, 2.24) is 0 Å². The maximum atomic E-state index is 8.32. The van der Waals surface area contributed by atoms with Crippen LogP contribution in [0.25, 0.3) is 0 Å². The van der Waals surface area contributed by atoms with Gasteiger partial charge in [-0.05, 0) is 6.07 Å². The molecule has 3 N–H and O–H groups in total. The molecule has 0 saturated carbocycles. The molecule has 7 nitrogen and oxygen atoms in total. The summed E-state index contributed by atoms with van der Waals surface area (Å²) in [5.41, 5.74) is 5.90. The third-order valence-electron chi connectivity index (χ3n) is 0.966. The summed E-state index contributed by atoms with van der Waals surface area (Å²) in [4.78, 5) is 11.0. The van der Waals surface area contributed by atoms with Crippen LogP contribution < -0.4 is 10.7 Å². The summed E-state index contributed by atoms with van der Waals surface area (Å²) in [5, 5.41) is 23.1. The van der Waals surface area contributed by atoms with Gasteiger partial charge in [0.15, 0.2) is 0 Å². The normalized spacial score (nSPS) is 7.62. The molecule has 0 saturated heterocycles. The number of nitrogen functional groups attached to an aromatic ring is 1. The molecule has 0 radical (unpaired) electrons. The smallest absolute Gasteiger partial charge is 0.270 e. The molecule has 0 spiro atoms. The van der Waals surface area contributed by atoms with E-state index in [9.17, 15) is 0 Å². The highest BCUT2D eigenvalue weighted by molar-refractivity contribution is 5.29. The molecule has 0 bridgehead atoms. The first-order valence-corrected chi connectivity index (χ1v) is 3.05. The number of nitrogens with zero attached hydrogens (tertiary/aromatic N) is 2. The van der Waals surface area contributed by atoms with Crippen LogP contribution in [0.15, 0.2) is 18.3 Å². The zero-order valence-corrected chi connectivity index (χ0v) is 6.43. The number of nitriles is 1. The van der Waals surface area contributed by atoms with E-state index >= 15 is 0 Å². The van der Waals surface area contributed by atoms with Crippen molar-refractivity contribution in [3.63, 3.8) is 0 Å². The number of anilines is 1. The quantitative estimate of drug-likeness (QED) is 0.435. The Morgan fingerprint density at radius 1 is 1.54 bits per heavy atom. The average Bonchev–Trinajstić information content (AvgIpc) is 2.05. The fourth-order valence-corrected chi connectivity index (χ4v) is 0.506. The number of aromatic nitrogens is 1. The summed E-state index contributed by atoms with van der Waals surface area (Å²) in [6.45, 7) is 0. The lowest BCUT2D eigenvalue weighted by Crippen LogP contribution is -2.08. The standard InChI is InChI=1S/C6H5N3.NO3/c7-3-5-1-2-6(8)9-4-5;2-1(3)4/h1-2,4H,(H2,8,9);/q;-1/p+1. The molecule has 7 heteroatoms. The molecule has 0 aliphatic heterocycles. The summed E-state index contributed by atoms with van der Waals surface area (Å²) >= 11 is 0. The lowest BCUT2D eigenvalue weighted by Gasteiger charge is -1.82. The highest BCUT2D eigenvalue weighted by Gasteiger charge is 1.91. The summed E-state index contributed by atoms with van der Waals surface area (Å²) in [6.07, 6.45) is 1.56. The topological polar surface area (TPSA) is 130 Å². The lowest BCUT2D eigenvalue weighted by molar-refractivity contribution is -0.402. The number of aromatic amines is 1. The van der Waals surface area contributed by atoms with Crippen LogP contribution in [-0.2, 0) is 0 Å². The van der Waals surface area contributed by atoms with Crippen LogP contribution in [0.4, 0.5) is 5.82 Å². The highest BCUT2D eigenvalue weighted by Crippen LogP contribution is 1.93. The van der Waals surface area contributed by atoms with E-state index in [1.165, 1.54) is 0 Å². The van der Waals surface area contributed by atoms with Gasteiger partial charge in [-0.3, -0.25) is 5.73 Å². The molecule has 1 rings (SSSR count). The molecular formula is C6H6N4O3. The number of H-pyrrole nitrogens is 1. The van der Waals surface area contributed by atoms with Gasteiger partial charge in [-0.2, -0.15) is 5.26 Å². The van der Waals surface area contributed by atoms with Crippen molar-refractivity contribution in [2.75, 3.05) is 5.73 Å². The van der Waals surface area contributed by atoms with E-state index in [1.54, 1.807) is 18.3 Å². The monoisotopic (exact) mass is 182 g/mol. The van der Waals surface area contributed by atoms with Crippen molar-refractivity contribution in [2.45, 2.75) is 0 Å². The van der Waals surface area contributed by atoms with Gasteiger partial charge in [0, 0.05) is 6.07 Å². The summed E-state index contributed by atoms with van der Waals surface area (Å²) in [5.74, 6) is 0.564. The second-order valence-corrected chi connectivity index (χ2v) is 1.87. The van der Waals surface area contributed by atoms with Crippen LogP contribution >= 0.6 is 0 Å². The zero-order chi connectivity index (χ0) is 10.3. The van der Waals surface area contributed by atoms with E-state index in [0.717, 1.165) is 0 Å². The van der Waals surface area contributed by atoms with Crippen molar-refractivity contribution >= 4 is 5.82 Å². The maximum Gasteiger partial charge on any atom is 0.270 e. The van der Waals surface area contributed by atoms with Crippen molar-refractivity contribution in [3.8, 4) is 6.07 Å². The highest BCUT2D eigenvalue weighted by atomic mass is 16.9. The van der Waals surface area contributed by atoms with Crippen molar-refractivity contribution in [3.05, 3.63) is 39.2 Å². The molecule has 0 aliphatic rings. The van der Waals surface area contributed by atoms with Gasteiger partial charge in [0.1, 0.15) is 12.3 Å². The number of pyridine rings is 1. The number of hydrogen-bond donors (Lipinski definition) is 1. The summed E-state index contributed by atoms with van der Waals surface area (Å²) < 4.78 is 0. The van der Waals surface area contributed by atoms with Crippen LogP contribution in [0.1, 0.15) is 5.56 Å². The molecule has 68 valence electrons. The third-order valence-corrected chi connectivity index (χ3v) is 0.966. The van der Waals surface area contributed by atoms with Gasteiger partial charge in [-0.25, -0.2) is 4.98 Å². The molecular weight excluding hydrogens is 176 g/mol. The SMILES string of the molecule is N#Cc1ccc(N)[nH+]c1.O=[N+]([O-])[O-]. The third kappa shape index (κ3) is 6.05. The second-order valence-electron chi connectivity index (χ2n) is 1.87. The van der Waals surface area contributed by atoms with Crippen LogP contribution in [0, 0.1) is 26.7 Å². The van der Waals surface area contributed by atoms with E-state index in [-0.39, 0.29) is 0 Å². The van der Waals surface area contributed by atoms with E-state index < -0.39 is 5.09 Å². The summed E-state index contributed by atoms with van der Waals surface area (Å²) in [7, 11) is 0. The van der Waals surface area contributed by atoms with Crippen LogP contribution in [0.5, 0.6) is 0 Å². The van der Waals surface area contributed by atoms with Crippen LogP contribution in [0.3, 0.4) is 0 Å². The first kappa shape index (κ1) is 10.6. The molecule has 0 fully saturated rings. The molecule has 0 atom stereocenters. The molecule has 0 aliphatic carbocycles. The fourth-order valence-electron chi connectivity index (χ4n) is 0.506. The number of hydrogen-bond acceptors (Lipinski definition) is 5. The van der Waals surface area contributed by atoms with Gasteiger partial charge < -0.3 is 15.3 Å². The number of rotatable bonds is 0. The number of nitrogens with two attached hydrogens (primary N) is 1. The van der Waals surface area contributed by atoms with E-state index in [4.69, 9.17) is 26.3 Å². The minimum absolute atomic E-state index is 0.564. The Morgan fingerprint density at radius 3 is 2.38 bits per heavy atom. The molecule has 1 aromatic rings. The first-order valence-electron chi connectivity index (χ1n) is 3.05. The minimum Gasteiger partial charge on any atom is -0.356 e. The average molecular weight is 182 g/mol. The maximum absolute atomic E-state index is 8.32. The van der Waals surface area contributed by atoms with Gasteiger partial charge in [-0.1, -0.05) is 0 Å². The van der Waals surface area contributed by atoms with Gasteiger partial charge in [0.05, 0.1) is 10.7 Å². The van der Waals surface area contributed by atoms with E-state index in [0.29, 0.717) is 11.4 Å². The van der Waals surface area contributed by atoms with E-state index in [2.05, 4.69) is 4.98 Å². The van der Waals surface area contributed by atoms with Crippen LogP contribution in [0.2, 0.25) is 0 Å². The Kier molecular flexibility index (Phi) is 4.35. The zero-order valence-electron chi connectivity index (χ0n) is 6.43. The molecule has 0 unspecified atom stereocenters. The lowest BCUT2D eigenvalue weighted by atomic mass is 10.3. The molecule has 0 aromatic carbocycles. The molecule has 1 heterocycles. The Balaban J connectivity index is 0.000000310. The predicted molar refractivity (Wildman–Crippen MR) is 42.5 cm³/mol. The number of nitrogens with one attached hydrogen (secondary N) is 1. The Bertz CT molecular complexity index is 312. The van der Waals surface area contributed by atoms with Crippen LogP contribution in [-0.4, -0.2) is 5.09 Å². The molecule has 0 amide bonds. The minimum atomic E-state index is -1.75. The Morgan fingerprint density at radius 2 is 2.08 bits per heavy atom.